The van der Waals surface area contributed by atoms with Gasteiger partial charge in [0.25, 0.3) is 0 Å². The first-order valence-electron chi connectivity index (χ1n) is 5.38. The van der Waals surface area contributed by atoms with Gasteiger partial charge in [0.2, 0.25) is 0 Å². The Kier molecular flexibility index (Phi) is 3.65. The smallest absolute Gasteiger partial charge is 0.152 e. The number of hydrogen-bond donors (Lipinski definition) is 1. The van der Waals surface area contributed by atoms with Crippen LogP contribution in [-0.2, 0) is 5.67 Å². The Labute approximate surface area is 102 Å². The Morgan fingerprint density at radius 3 is 2.25 bits per heavy atom. The molecular weight excluding hydrogens is 225 g/mol. The van der Waals surface area contributed by atoms with E-state index in [9.17, 15) is 4.39 Å². The second kappa shape index (κ2) is 4.34. The summed E-state index contributed by atoms with van der Waals surface area (Å²) in [5, 5.41) is 0.581. The quantitative estimate of drug-likeness (QED) is 0.840. The predicted molar refractivity (Wildman–Crippen MR) is 67.5 cm³/mol. The molecule has 0 heterocycles. The summed E-state index contributed by atoms with van der Waals surface area (Å²) in [6, 6.07) is 5.27. The van der Waals surface area contributed by atoms with E-state index < -0.39 is 11.1 Å². The number of hydrogen-bond acceptors (Lipinski definition) is 1. The van der Waals surface area contributed by atoms with Gasteiger partial charge in [-0.25, -0.2) is 4.39 Å². The van der Waals surface area contributed by atoms with Crippen LogP contribution in [0.2, 0.25) is 5.02 Å². The number of rotatable bonds is 2. The Hall–Kier alpha value is -0.600. The molecule has 0 saturated heterocycles. The zero-order valence-corrected chi connectivity index (χ0v) is 11.0. The minimum Gasteiger partial charge on any atom is -0.327 e. The largest absolute Gasteiger partial charge is 0.327 e. The van der Waals surface area contributed by atoms with Crippen LogP contribution in [-0.4, -0.2) is 6.54 Å². The zero-order chi connectivity index (χ0) is 12.6. The Morgan fingerprint density at radius 2 is 1.88 bits per heavy atom. The van der Waals surface area contributed by atoms with E-state index >= 15 is 0 Å². The molecule has 1 rings (SSSR count). The Bertz CT molecular complexity index is 384. The minimum absolute atomic E-state index is 0.0457. The van der Waals surface area contributed by atoms with Crippen molar-refractivity contribution in [2.45, 2.75) is 33.4 Å². The Morgan fingerprint density at radius 1 is 1.31 bits per heavy atom. The SMILES string of the molecule is Cc1ccc(C(F)(CN)C(C)(C)C)cc1Cl. The molecule has 1 aromatic carbocycles. The fraction of sp³-hybridized carbons (Fsp3) is 0.538. The lowest BCUT2D eigenvalue weighted by Gasteiger charge is -2.37. The molecule has 3 heteroatoms. The summed E-state index contributed by atoms with van der Waals surface area (Å²) in [7, 11) is 0. The maximum atomic E-state index is 14.9. The van der Waals surface area contributed by atoms with Crippen molar-refractivity contribution in [3.63, 3.8) is 0 Å². The van der Waals surface area contributed by atoms with Crippen LogP contribution in [0.1, 0.15) is 31.9 Å². The van der Waals surface area contributed by atoms with E-state index in [-0.39, 0.29) is 6.54 Å². The maximum Gasteiger partial charge on any atom is 0.152 e. The zero-order valence-electron chi connectivity index (χ0n) is 10.3. The first-order chi connectivity index (χ1) is 7.22. The average Bonchev–Trinajstić information content (AvgIpc) is 2.19. The van der Waals surface area contributed by atoms with Gasteiger partial charge in [-0.15, -0.1) is 0 Å². The third-order valence-electron chi connectivity index (χ3n) is 3.10. The molecule has 0 radical (unpaired) electrons. The van der Waals surface area contributed by atoms with Crippen LogP contribution < -0.4 is 5.73 Å². The lowest BCUT2D eigenvalue weighted by atomic mass is 9.73. The molecule has 16 heavy (non-hydrogen) atoms. The summed E-state index contributed by atoms with van der Waals surface area (Å²) < 4.78 is 14.9. The van der Waals surface area contributed by atoms with Gasteiger partial charge in [-0.05, 0) is 24.1 Å². The molecule has 0 amide bonds. The Balaban J connectivity index is 3.29. The highest BCUT2D eigenvalue weighted by Crippen LogP contribution is 2.43. The van der Waals surface area contributed by atoms with Gasteiger partial charge in [0.1, 0.15) is 0 Å². The topological polar surface area (TPSA) is 26.0 Å². The van der Waals surface area contributed by atoms with E-state index in [4.69, 9.17) is 17.3 Å². The van der Waals surface area contributed by atoms with Gasteiger partial charge in [-0.1, -0.05) is 44.5 Å². The monoisotopic (exact) mass is 243 g/mol. The molecule has 0 aliphatic rings. The fourth-order valence-electron chi connectivity index (χ4n) is 1.70. The van der Waals surface area contributed by atoms with Gasteiger partial charge < -0.3 is 5.73 Å². The van der Waals surface area contributed by atoms with Crippen molar-refractivity contribution in [3.8, 4) is 0 Å². The van der Waals surface area contributed by atoms with Crippen molar-refractivity contribution in [2.24, 2.45) is 11.1 Å². The fourth-order valence-corrected chi connectivity index (χ4v) is 1.88. The van der Waals surface area contributed by atoms with Gasteiger partial charge in [-0.3, -0.25) is 0 Å². The molecule has 0 fully saturated rings. The average molecular weight is 244 g/mol. The third-order valence-corrected chi connectivity index (χ3v) is 3.51. The molecule has 1 aromatic rings. The highest BCUT2D eigenvalue weighted by atomic mass is 35.5. The van der Waals surface area contributed by atoms with Crippen molar-refractivity contribution in [2.75, 3.05) is 6.54 Å². The highest BCUT2D eigenvalue weighted by molar-refractivity contribution is 6.31. The van der Waals surface area contributed by atoms with Crippen LogP contribution in [0, 0.1) is 12.3 Å². The van der Waals surface area contributed by atoms with Crippen molar-refractivity contribution in [1.82, 2.24) is 0 Å². The van der Waals surface area contributed by atoms with Crippen LogP contribution in [0.5, 0.6) is 0 Å². The summed E-state index contributed by atoms with van der Waals surface area (Å²) in [5.74, 6) is 0. The van der Waals surface area contributed by atoms with Crippen LogP contribution in [0.4, 0.5) is 4.39 Å². The van der Waals surface area contributed by atoms with Crippen molar-refractivity contribution < 1.29 is 4.39 Å². The standard InChI is InChI=1S/C13H19ClFN/c1-9-5-6-10(7-11(9)14)13(15,8-16)12(2,3)4/h5-7H,8,16H2,1-4H3. The molecule has 2 N–H and O–H groups in total. The van der Waals surface area contributed by atoms with Crippen molar-refractivity contribution in [3.05, 3.63) is 34.3 Å². The van der Waals surface area contributed by atoms with E-state index in [1.165, 1.54) is 0 Å². The van der Waals surface area contributed by atoms with E-state index in [0.29, 0.717) is 10.6 Å². The van der Waals surface area contributed by atoms with Gasteiger partial charge in [0.05, 0.1) is 0 Å². The summed E-state index contributed by atoms with van der Waals surface area (Å²) >= 11 is 6.02. The van der Waals surface area contributed by atoms with E-state index in [0.717, 1.165) is 5.56 Å². The van der Waals surface area contributed by atoms with Crippen LogP contribution in [0.15, 0.2) is 18.2 Å². The third kappa shape index (κ3) is 2.23. The predicted octanol–water partition coefficient (Wildman–Crippen LogP) is 3.82. The molecule has 0 aromatic heterocycles. The highest BCUT2D eigenvalue weighted by Gasteiger charge is 2.42. The van der Waals surface area contributed by atoms with Crippen molar-refractivity contribution in [1.29, 1.82) is 0 Å². The molecule has 0 saturated carbocycles. The summed E-state index contributed by atoms with van der Waals surface area (Å²) in [4.78, 5) is 0. The van der Waals surface area contributed by atoms with E-state index in [1.54, 1.807) is 12.1 Å². The number of halogens is 2. The molecule has 0 aliphatic carbocycles. The van der Waals surface area contributed by atoms with Crippen molar-refractivity contribution >= 4 is 11.6 Å². The number of benzene rings is 1. The maximum absolute atomic E-state index is 14.9. The first-order valence-corrected chi connectivity index (χ1v) is 5.76. The molecule has 1 atom stereocenters. The van der Waals surface area contributed by atoms with Gasteiger partial charge in [0, 0.05) is 17.0 Å². The molecule has 0 aliphatic heterocycles. The number of aryl methyl sites for hydroxylation is 1. The van der Waals surface area contributed by atoms with Crippen LogP contribution in [0.3, 0.4) is 0 Å². The normalized spacial score (nSPS) is 15.9. The first kappa shape index (κ1) is 13.5. The van der Waals surface area contributed by atoms with Crippen LogP contribution >= 0.6 is 11.6 Å². The van der Waals surface area contributed by atoms with E-state index in [2.05, 4.69) is 0 Å². The lowest BCUT2D eigenvalue weighted by Crippen LogP contribution is -2.42. The summed E-state index contributed by atoms with van der Waals surface area (Å²) in [6.07, 6.45) is 0. The molecule has 90 valence electrons. The molecule has 1 unspecified atom stereocenters. The van der Waals surface area contributed by atoms with Crippen LogP contribution in [0.25, 0.3) is 0 Å². The summed E-state index contributed by atoms with van der Waals surface area (Å²) in [6.45, 7) is 7.37. The number of alkyl halides is 1. The second-order valence-corrected chi connectivity index (χ2v) is 5.63. The van der Waals surface area contributed by atoms with Gasteiger partial charge >= 0.3 is 0 Å². The molecule has 0 spiro atoms. The van der Waals surface area contributed by atoms with E-state index in [1.807, 2.05) is 33.8 Å². The van der Waals surface area contributed by atoms with Gasteiger partial charge in [-0.2, -0.15) is 0 Å². The lowest BCUT2D eigenvalue weighted by molar-refractivity contribution is 0.0343. The molecular formula is C13H19ClFN. The number of nitrogens with two attached hydrogens (primary N) is 1. The summed E-state index contributed by atoms with van der Waals surface area (Å²) in [5.41, 5.74) is 4.99. The van der Waals surface area contributed by atoms with Gasteiger partial charge in [0.15, 0.2) is 5.67 Å². The molecule has 1 nitrogen and oxygen atoms in total. The molecule has 0 bridgehead atoms. The minimum atomic E-state index is -1.55. The second-order valence-electron chi connectivity index (χ2n) is 5.22.